The third-order valence-corrected chi connectivity index (χ3v) is 2.89. The molecule has 0 saturated carbocycles. The number of rotatable bonds is 4. The molecule has 1 N–H and O–H groups in total. The minimum absolute atomic E-state index is 0.239. The second-order valence-electron chi connectivity index (χ2n) is 4.34. The van der Waals surface area contributed by atoms with Gasteiger partial charge in [0, 0.05) is 12.6 Å². The Bertz CT molecular complexity index is 694. The summed E-state index contributed by atoms with van der Waals surface area (Å²) in [5.41, 5.74) is 3.47. The molecule has 7 heteroatoms. The summed E-state index contributed by atoms with van der Waals surface area (Å²) in [7, 11) is 3.01. The number of methoxy groups -OCH3 is 1. The zero-order chi connectivity index (χ0) is 15.4. The summed E-state index contributed by atoms with van der Waals surface area (Å²) in [6.07, 6.45) is 1.23. The van der Waals surface area contributed by atoms with Gasteiger partial charge in [0.05, 0.1) is 24.6 Å². The largest absolute Gasteiger partial charge is 0.497 e. The maximum Gasteiger partial charge on any atom is 0.271 e. The van der Waals surface area contributed by atoms with E-state index in [0.717, 1.165) is 4.68 Å². The fourth-order valence-electron chi connectivity index (χ4n) is 1.78. The number of hydrogen-bond donors (Lipinski definition) is 1. The lowest BCUT2D eigenvalue weighted by molar-refractivity contribution is 0.0954. The van der Waals surface area contributed by atoms with Gasteiger partial charge in [-0.25, -0.2) is 10.1 Å². The first-order chi connectivity index (χ1) is 10.0. The van der Waals surface area contributed by atoms with Crippen molar-refractivity contribution >= 4 is 12.1 Å². The summed E-state index contributed by atoms with van der Waals surface area (Å²) in [5, 5.41) is 7.66. The molecule has 0 radical (unpaired) electrons. The van der Waals surface area contributed by atoms with Crippen molar-refractivity contribution in [2.75, 3.05) is 7.11 Å². The number of benzene rings is 1. The van der Waals surface area contributed by atoms with Crippen LogP contribution < -0.4 is 10.2 Å². The Balaban J connectivity index is 2.08. The third-order valence-electron chi connectivity index (χ3n) is 2.89. The van der Waals surface area contributed by atoms with E-state index in [4.69, 9.17) is 4.74 Å². The molecular formula is C14H15FN4O2. The van der Waals surface area contributed by atoms with Crippen LogP contribution in [0.3, 0.4) is 0 Å². The highest BCUT2D eigenvalue weighted by molar-refractivity contribution is 5.95. The van der Waals surface area contributed by atoms with E-state index in [2.05, 4.69) is 15.6 Å². The Morgan fingerprint density at radius 1 is 1.52 bits per heavy atom. The van der Waals surface area contributed by atoms with Crippen molar-refractivity contribution in [3.05, 3.63) is 47.0 Å². The van der Waals surface area contributed by atoms with Crippen molar-refractivity contribution in [2.45, 2.75) is 6.92 Å². The van der Waals surface area contributed by atoms with Gasteiger partial charge in [-0.1, -0.05) is 6.07 Å². The van der Waals surface area contributed by atoms with Crippen LogP contribution in [0.1, 0.15) is 21.6 Å². The predicted molar refractivity (Wildman–Crippen MR) is 76.0 cm³/mol. The van der Waals surface area contributed by atoms with Crippen molar-refractivity contribution in [2.24, 2.45) is 12.1 Å². The van der Waals surface area contributed by atoms with Gasteiger partial charge >= 0.3 is 0 Å². The molecule has 0 fully saturated rings. The van der Waals surface area contributed by atoms with E-state index in [-0.39, 0.29) is 5.56 Å². The molecule has 0 aliphatic rings. The molecular weight excluding hydrogens is 275 g/mol. The Morgan fingerprint density at radius 3 is 2.90 bits per heavy atom. The predicted octanol–water partition coefficient (Wildman–Crippen LogP) is 1.64. The molecule has 0 spiro atoms. The molecule has 2 aromatic rings. The summed E-state index contributed by atoms with van der Waals surface area (Å²) in [6.45, 7) is 1.66. The molecule has 21 heavy (non-hydrogen) atoms. The molecule has 2 rings (SSSR count). The molecule has 110 valence electrons. The van der Waals surface area contributed by atoms with Crippen molar-refractivity contribution in [1.82, 2.24) is 15.2 Å². The SMILES string of the molecule is COc1cccc(C(=O)N/N=C\c2c(C)nn(C)c2F)c1. The second-order valence-corrected chi connectivity index (χ2v) is 4.34. The lowest BCUT2D eigenvalue weighted by Crippen LogP contribution is -2.17. The molecule has 0 aliphatic heterocycles. The zero-order valence-corrected chi connectivity index (χ0v) is 11.9. The number of halogens is 1. The van der Waals surface area contributed by atoms with E-state index in [0.29, 0.717) is 17.0 Å². The van der Waals surface area contributed by atoms with Crippen LogP contribution in [0.15, 0.2) is 29.4 Å². The first-order valence-corrected chi connectivity index (χ1v) is 6.19. The first kappa shape index (κ1) is 14.7. The Hall–Kier alpha value is -2.70. The smallest absolute Gasteiger partial charge is 0.271 e. The van der Waals surface area contributed by atoms with Crippen molar-refractivity contribution in [3.63, 3.8) is 0 Å². The summed E-state index contributed by atoms with van der Waals surface area (Å²) in [6, 6.07) is 6.64. The van der Waals surface area contributed by atoms with Crippen LogP contribution in [0.25, 0.3) is 0 Å². The average molecular weight is 290 g/mol. The molecule has 0 unspecified atom stereocenters. The molecule has 0 bridgehead atoms. The fraction of sp³-hybridized carbons (Fsp3) is 0.214. The molecule has 6 nitrogen and oxygen atoms in total. The summed E-state index contributed by atoms with van der Waals surface area (Å²) in [5.74, 6) is -0.347. The van der Waals surface area contributed by atoms with E-state index >= 15 is 0 Å². The third kappa shape index (κ3) is 3.25. The van der Waals surface area contributed by atoms with Gasteiger partial charge in [0.1, 0.15) is 5.75 Å². The highest BCUT2D eigenvalue weighted by Crippen LogP contribution is 2.12. The number of aromatic nitrogens is 2. The van der Waals surface area contributed by atoms with Crippen LogP contribution in [-0.4, -0.2) is 29.0 Å². The second kappa shape index (κ2) is 6.17. The van der Waals surface area contributed by atoms with E-state index in [9.17, 15) is 9.18 Å². The Labute approximate surface area is 121 Å². The molecule has 0 atom stereocenters. The average Bonchev–Trinajstić information content (AvgIpc) is 2.73. The van der Waals surface area contributed by atoms with Gasteiger partial charge in [0.2, 0.25) is 5.95 Å². The van der Waals surface area contributed by atoms with Gasteiger partial charge in [0.25, 0.3) is 5.91 Å². The molecule has 0 saturated heterocycles. The molecule has 0 aliphatic carbocycles. The Kier molecular flexibility index (Phi) is 4.32. The van der Waals surface area contributed by atoms with Crippen LogP contribution in [0.2, 0.25) is 0 Å². The van der Waals surface area contributed by atoms with Gasteiger partial charge in [-0.05, 0) is 25.1 Å². The van der Waals surface area contributed by atoms with Gasteiger partial charge in [-0.3, -0.25) is 4.79 Å². The van der Waals surface area contributed by atoms with Crippen LogP contribution in [0.4, 0.5) is 4.39 Å². The van der Waals surface area contributed by atoms with Gasteiger partial charge in [0.15, 0.2) is 0 Å². The van der Waals surface area contributed by atoms with E-state index < -0.39 is 11.9 Å². The fourth-order valence-corrected chi connectivity index (χ4v) is 1.78. The number of nitrogens with zero attached hydrogens (tertiary/aromatic N) is 3. The maximum absolute atomic E-state index is 13.6. The van der Waals surface area contributed by atoms with Crippen LogP contribution in [0.5, 0.6) is 5.75 Å². The van der Waals surface area contributed by atoms with Crippen LogP contribution in [-0.2, 0) is 7.05 Å². The van der Waals surface area contributed by atoms with Gasteiger partial charge in [-0.2, -0.15) is 14.6 Å². The zero-order valence-electron chi connectivity index (χ0n) is 11.9. The van der Waals surface area contributed by atoms with Crippen molar-refractivity contribution < 1.29 is 13.9 Å². The minimum Gasteiger partial charge on any atom is -0.497 e. The monoisotopic (exact) mass is 290 g/mol. The normalized spacial score (nSPS) is 10.9. The maximum atomic E-state index is 13.6. The number of hydrazone groups is 1. The quantitative estimate of drug-likeness (QED) is 0.687. The molecule has 1 aromatic heterocycles. The lowest BCUT2D eigenvalue weighted by Gasteiger charge is -2.02. The molecule has 1 heterocycles. The topological polar surface area (TPSA) is 68.5 Å². The van der Waals surface area contributed by atoms with E-state index in [1.54, 1.807) is 31.2 Å². The summed E-state index contributed by atoms with van der Waals surface area (Å²) < 4.78 is 19.8. The number of ether oxygens (including phenoxy) is 1. The van der Waals surface area contributed by atoms with E-state index in [1.165, 1.54) is 20.4 Å². The van der Waals surface area contributed by atoms with Crippen LogP contribution >= 0.6 is 0 Å². The molecule has 1 amide bonds. The first-order valence-electron chi connectivity index (χ1n) is 6.19. The number of nitrogens with one attached hydrogen (secondary N) is 1. The summed E-state index contributed by atoms with van der Waals surface area (Å²) >= 11 is 0. The number of amides is 1. The van der Waals surface area contributed by atoms with E-state index in [1.807, 2.05) is 0 Å². The van der Waals surface area contributed by atoms with Gasteiger partial charge < -0.3 is 4.74 Å². The van der Waals surface area contributed by atoms with Crippen molar-refractivity contribution in [1.29, 1.82) is 0 Å². The Morgan fingerprint density at radius 2 is 2.29 bits per heavy atom. The minimum atomic E-state index is -0.508. The van der Waals surface area contributed by atoms with Crippen LogP contribution in [0, 0.1) is 12.9 Å². The summed E-state index contributed by atoms with van der Waals surface area (Å²) in [4.78, 5) is 11.9. The number of aryl methyl sites for hydroxylation is 2. The standard InChI is InChI=1S/C14H15FN4O2/c1-9-12(13(15)19(2)18-9)8-16-17-14(20)10-5-4-6-11(7-10)21-3/h4-8H,1-3H3,(H,17,20)/b16-8-. The highest BCUT2D eigenvalue weighted by Gasteiger charge is 2.11. The number of hydrogen-bond acceptors (Lipinski definition) is 4. The van der Waals surface area contributed by atoms with Crippen molar-refractivity contribution in [3.8, 4) is 5.75 Å². The molecule has 1 aromatic carbocycles. The highest BCUT2D eigenvalue weighted by atomic mass is 19.1. The number of carbonyl (C=O) groups excluding carboxylic acids is 1. The lowest BCUT2D eigenvalue weighted by atomic mass is 10.2. The number of carbonyl (C=O) groups is 1. The van der Waals surface area contributed by atoms with Gasteiger partial charge in [-0.15, -0.1) is 0 Å².